The predicted octanol–water partition coefficient (Wildman–Crippen LogP) is 4.73. The summed E-state index contributed by atoms with van der Waals surface area (Å²) in [4.78, 5) is 33.7. The number of benzene rings is 1. The number of amides is 1. The maximum absolute atomic E-state index is 12.5. The highest BCUT2D eigenvalue weighted by Gasteiger charge is 2.23. The third kappa shape index (κ3) is 4.40. The lowest BCUT2D eigenvalue weighted by molar-refractivity contribution is -0.115. The molecule has 29 heavy (non-hydrogen) atoms. The van der Waals surface area contributed by atoms with Crippen molar-refractivity contribution in [2.45, 2.75) is 41.0 Å². The van der Waals surface area contributed by atoms with Crippen molar-refractivity contribution in [1.82, 2.24) is 9.97 Å². The molecule has 0 aliphatic heterocycles. The van der Waals surface area contributed by atoms with Crippen molar-refractivity contribution < 1.29 is 14.3 Å². The van der Waals surface area contributed by atoms with E-state index in [0.717, 1.165) is 43.8 Å². The van der Waals surface area contributed by atoms with E-state index in [1.54, 1.807) is 6.92 Å². The Bertz CT molecular complexity index is 1070. The van der Waals surface area contributed by atoms with Crippen LogP contribution in [-0.4, -0.2) is 28.5 Å². The number of nitrogens with zero attached hydrogens (tertiary/aromatic N) is 1. The molecule has 0 unspecified atom stereocenters. The van der Waals surface area contributed by atoms with E-state index in [9.17, 15) is 9.59 Å². The second-order valence-electron chi connectivity index (χ2n) is 6.90. The first-order valence-electron chi connectivity index (χ1n) is 9.50. The van der Waals surface area contributed by atoms with E-state index in [1.165, 1.54) is 11.3 Å². The van der Waals surface area contributed by atoms with E-state index >= 15 is 0 Å². The van der Waals surface area contributed by atoms with Crippen LogP contribution in [0.5, 0.6) is 0 Å². The average molecular weight is 412 g/mol. The van der Waals surface area contributed by atoms with Crippen LogP contribution in [0.1, 0.15) is 44.0 Å². The van der Waals surface area contributed by atoms with Crippen LogP contribution in [-0.2, 0) is 16.0 Å². The topological polar surface area (TPSA) is 84.1 Å². The molecule has 6 nitrogen and oxygen atoms in total. The number of aromatic amines is 1. The summed E-state index contributed by atoms with van der Waals surface area (Å²) in [6.45, 7) is 9.77. The summed E-state index contributed by atoms with van der Waals surface area (Å²) < 4.78 is 5.16. The van der Waals surface area contributed by atoms with Crippen LogP contribution in [0.4, 0.5) is 5.69 Å². The number of carbonyl (C=O) groups excluding carboxylic acids is 2. The molecule has 1 amide bonds. The maximum Gasteiger partial charge on any atom is 0.340 e. The molecule has 7 heteroatoms. The number of anilines is 1. The molecule has 2 heterocycles. The zero-order valence-electron chi connectivity index (χ0n) is 17.3. The lowest BCUT2D eigenvalue weighted by Crippen LogP contribution is -2.14. The van der Waals surface area contributed by atoms with Gasteiger partial charge in [-0.25, -0.2) is 9.78 Å². The molecule has 2 aromatic heterocycles. The fourth-order valence-electron chi connectivity index (χ4n) is 3.30. The molecule has 0 saturated heterocycles. The van der Waals surface area contributed by atoms with Crippen molar-refractivity contribution in [1.29, 1.82) is 0 Å². The first-order valence-corrected chi connectivity index (χ1v) is 10.3. The third-order valence-electron chi connectivity index (χ3n) is 4.73. The molecule has 0 radical (unpaired) electrons. The largest absolute Gasteiger partial charge is 0.462 e. The average Bonchev–Trinajstić information content (AvgIpc) is 3.15. The van der Waals surface area contributed by atoms with Crippen LogP contribution >= 0.6 is 11.3 Å². The standard InChI is InChI=1S/C22H25N3O3S/c1-6-28-22(27)19-13(3)20(23-14(19)4)21-15(5)29-18(25-21)11-17(26)24-16-10-8-7-9-12(16)2/h7-10,23H,6,11H2,1-5H3,(H,24,26). The Labute approximate surface area is 174 Å². The Balaban J connectivity index is 1.82. The Kier molecular flexibility index (Phi) is 6.17. The number of rotatable bonds is 6. The normalized spacial score (nSPS) is 10.8. The summed E-state index contributed by atoms with van der Waals surface area (Å²) in [7, 11) is 0. The molecule has 0 aliphatic rings. The monoisotopic (exact) mass is 411 g/mol. The van der Waals surface area contributed by atoms with Gasteiger partial charge < -0.3 is 15.0 Å². The second kappa shape index (κ2) is 8.61. The minimum Gasteiger partial charge on any atom is -0.462 e. The van der Waals surface area contributed by atoms with Crippen molar-refractivity contribution in [3.8, 4) is 11.4 Å². The van der Waals surface area contributed by atoms with Gasteiger partial charge in [0.25, 0.3) is 0 Å². The number of ether oxygens (including phenoxy) is 1. The first-order chi connectivity index (χ1) is 13.8. The van der Waals surface area contributed by atoms with Gasteiger partial charge in [0.15, 0.2) is 0 Å². The van der Waals surface area contributed by atoms with Gasteiger partial charge in [0, 0.05) is 16.3 Å². The molecule has 2 N–H and O–H groups in total. The molecule has 0 atom stereocenters. The van der Waals surface area contributed by atoms with Gasteiger partial charge in [-0.1, -0.05) is 18.2 Å². The van der Waals surface area contributed by atoms with Gasteiger partial charge in [-0.2, -0.15) is 0 Å². The molecule has 3 rings (SSSR count). The highest BCUT2D eigenvalue weighted by atomic mass is 32.1. The molecule has 3 aromatic rings. The smallest absolute Gasteiger partial charge is 0.340 e. The van der Waals surface area contributed by atoms with Crippen LogP contribution in [0.3, 0.4) is 0 Å². The molecule has 1 aromatic carbocycles. The van der Waals surface area contributed by atoms with Crippen LogP contribution in [0.2, 0.25) is 0 Å². The highest BCUT2D eigenvalue weighted by Crippen LogP contribution is 2.32. The number of aryl methyl sites for hydroxylation is 3. The van der Waals surface area contributed by atoms with Crippen molar-refractivity contribution in [3.63, 3.8) is 0 Å². The summed E-state index contributed by atoms with van der Waals surface area (Å²) in [6, 6.07) is 7.67. The quantitative estimate of drug-likeness (QED) is 0.574. The molecular weight excluding hydrogens is 386 g/mol. The van der Waals surface area contributed by atoms with E-state index in [2.05, 4.69) is 15.3 Å². The fourth-order valence-corrected chi connectivity index (χ4v) is 4.24. The van der Waals surface area contributed by atoms with Crippen molar-refractivity contribution in [2.75, 3.05) is 11.9 Å². The highest BCUT2D eigenvalue weighted by molar-refractivity contribution is 7.12. The molecule has 0 aliphatic carbocycles. The number of carbonyl (C=O) groups is 2. The molecule has 0 saturated carbocycles. The number of hydrogen-bond acceptors (Lipinski definition) is 5. The van der Waals surface area contributed by atoms with Crippen molar-refractivity contribution in [2.24, 2.45) is 0 Å². The van der Waals surface area contributed by atoms with Crippen LogP contribution in [0.25, 0.3) is 11.4 Å². The Hall–Kier alpha value is -2.93. The summed E-state index contributed by atoms with van der Waals surface area (Å²) in [5, 5.41) is 3.67. The molecule has 152 valence electrons. The maximum atomic E-state index is 12.5. The van der Waals surface area contributed by atoms with Gasteiger partial charge in [-0.3, -0.25) is 4.79 Å². The molecule has 0 spiro atoms. The minimum absolute atomic E-state index is 0.105. The fraction of sp³-hybridized carbons (Fsp3) is 0.318. The number of thiazole rings is 1. The third-order valence-corrected chi connectivity index (χ3v) is 5.70. The second-order valence-corrected chi connectivity index (χ2v) is 8.19. The molecular formula is C22H25N3O3S. The van der Waals surface area contributed by atoms with Crippen LogP contribution in [0.15, 0.2) is 24.3 Å². The number of nitrogens with one attached hydrogen (secondary N) is 2. The number of aromatic nitrogens is 2. The zero-order valence-corrected chi connectivity index (χ0v) is 18.1. The Morgan fingerprint density at radius 1 is 1.17 bits per heavy atom. The minimum atomic E-state index is -0.337. The zero-order chi connectivity index (χ0) is 21.1. The van der Waals surface area contributed by atoms with Crippen LogP contribution in [0, 0.1) is 27.7 Å². The SMILES string of the molecule is CCOC(=O)c1c(C)[nH]c(-c2nc(CC(=O)Nc3ccccc3C)sc2C)c1C. The number of esters is 1. The van der Waals surface area contributed by atoms with E-state index in [0.29, 0.717) is 12.2 Å². The van der Waals surface area contributed by atoms with Gasteiger partial charge in [-0.15, -0.1) is 11.3 Å². The summed E-state index contributed by atoms with van der Waals surface area (Å²) in [5.74, 6) is -0.443. The number of para-hydroxylation sites is 1. The Morgan fingerprint density at radius 3 is 2.59 bits per heavy atom. The van der Waals surface area contributed by atoms with E-state index in [4.69, 9.17) is 4.74 Å². The lowest BCUT2D eigenvalue weighted by Gasteiger charge is -2.06. The number of H-pyrrole nitrogens is 1. The predicted molar refractivity (Wildman–Crippen MR) is 116 cm³/mol. The van der Waals surface area contributed by atoms with Gasteiger partial charge in [0.05, 0.1) is 24.3 Å². The Morgan fingerprint density at radius 2 is 1.90 bits per heavy atom. The van der Waals surface area contributed by atoms with Gasteiger partial charge in [-0.05, 0) is 51.8 Å². The van der Waals surface area contributed by atoms with Crippen LogP contribution < -0.4 is 5.32 Å². The van der Waals surface area contributed by atoms with Crippen molar-refractivity contribution in [3.05, 3.63) is 56.5 Å². The van der Waals surface area contributed by atoms with Crippen molar-refractivity contribution >= 4 is 28.9 Å². The van der Waals surface area contributed by atoms with E-state index in [1.807, 2.05) is 52.0 Å². The number of hydrogen-bond donors (Lipinski definition) is 2. The summed E-state index contributed by atoms with van der Waals surface area (Å²) in [5.41, 5.74) is 5.50. The lowest BCUT2D eigenvalue weighted by atomic mass is 10.1. The van der Waals surface area contributed by atoms with Gasteiger partial charge in [0.1, 0.15) is 10.7 Å². The summed E-state index contributed by atoms with van der Waals surface area (Å²) in [6.07, 6.45) is 0.198. The molecule has 0 bridgehead atoms. The van der Waals surface area contributed by atoms with Gasteiger partial charge >= 0.3 is 5.97 Å². The summed E-state index contributed by atoms with van der Waals surface area (Å²) >= 11 is 1.49. The first kappa shape index (κ1) is 20.8. The van der Waals surface area contributed by atoms with E-state index in [-0.39, 0.29) is 18.3 Å². The van der Waals surface area contributed by atoms with E-state index < -0.39 is 0 Å². The van der Waals surface area contributed by atoms with Gasteiger partial charge in [0.2, 0.25) is 5.91 Å². The molecule has 0 fully saturated rings.